The first-order valence-corrected chi connectivity index (χ1v) is 7.10. The summed E-state index contributed by atoms with van der Waals surface area (Å²) in [5.41, 5.74) is 0.742. The van der Waals surface area contributed by atoms with Crippen LogP contribution in [0.1, 0.15) is 19.7 Å². The van der Waals surface area contributed by atoms with E-state index in [9.17, 15) is 18.3 Å². The van der Waals surface area contributed by atoms with Crippen LogP contribution >= 0.6 is 0 Å². The molecular formula is C14H18F3N5O. The van der Waals surface area contributed by atoms with E-state index in [-0.39, 0.29) is 18.1 Å². The Balaban J connectivity index is 2.15. The summed E-state index contributed by atoms with van der Waals surface area (Å²) < 4.78 is 37.0. The van der Waals surface area contributed by atoms with Crippen molar-refractivity contribution in [2.75, 3.05) is 11.4 Å². The lowest BCUT2D eigenvalue weighted by Gasteiger charge is -2.25. The normalized spacial score (nSPS) is 11.9. The zero-order valence-electron chi connectivity index (χ0n) is 12.8. The summed E-state index contributed by atoms with van der Waals surface area (Å²) in [5.74, 6) is 0.616. The van der Waals surface area contributed by atoms with E-state index in [4.69, 9.17) is 0 Å². The third-order valence-electron chi connectivity index (χ3n) is 2.93. The summed E-state index contributed by atoms with van der Waals surface area (Å²) in [7, 11) is 0. The molecule has 0 saturated carbocycles. The van der Waals surface area contributed by atoms with E-state index in [2.05, 4.69) is 15.4 Å². The zero-order valence-corrected chi connectivity index (χ0v) is 12.8. The predicted octanol–water partition coefficient (Wildman–Crippen LogP) is 2.60. The van der Waals surface area contributed by atoms with Gasteiger partial charge in [0.2, 0.25) is 0 Å². The van der Waals surface area contributed by atoms with Gasteiger partial charge in [-0.05, 0) is 23.3 Å². The molecule has 0 aliphatic heterocycles. The van der Waals surface area contributed by atoms with Gasteiger partial charge < -0.3 is 10.0 Å². The molecule has 0 spiro atoms. The molecule has 126 valence electrons. The number of tetrazole rings is 1. The molecule has 0 unspecified atom stereocenters. The van der Waals surface area contributed by atoms with Gasteiger partial charge in [0.15, 0.2) is 12.4 Å². The van der Waals surface area contributed by atoms with E-state index < -0.39 is 12.7 Å². The van der Waals surface area contributed by atoms with Gasteiger partial charge in [-0.1, -0.05) is 19.9 Å². The fourth-order valence-corrected chi connectivity index (χ4v) is 2.13. The number of hydrogen-bond acceptors (Lipinski definition) is 5. The summed E-state index contributed by atoms with van der Waals surface area (Å²) >= 11 is 0. The third-order valence-corrected chi connectivity index (χ3v) is 2.93. The number of aromatic hydroxyl groups is 1. The molecule has 0 atom stereocenters. The Morgan fingerprint density at radius 2 is 2.04 bits per heavy atom. The van der Waals surface area contributed by atoms with Crippen LogP contribution in [-0.2, 0) is 13.1 Å². The second-order valence-electron chi connectivity index (χ2n) is 5.65. The minimum atomic E-state index is -4.39. The van der Waals surface area contributed by atoms with Gasteiger partial charge in [-0.3, -0.25) is 0 Å². The van der Waals surface area contributed by atoms with Gasteiger partial charge in [0.1, 0.15) is 5.75 Å². The highest BCUT2D eigenvalue weighted by molar-refractivity contribution is 5.50. The first-order valence-electron chi connectivity index (χ1n) is 7.10. The molecule has 6 nitrogen and oxygen atoms in total. The Bertz CT molecular complexity index is 641. The number of benzene rings is 1. The van der Waals surface area contributed by atoms with Crippen molar-refractivity contribution in [3.05, 3.63) is 30.1 Å². The summed E-state index contributed by atoms with van der Waals surface area (Å²) in [6.07, 6.45) is -4.39. The van der Waals surface area contributed by atoms with Gasteiger partial charge in [0.25, 0.3) is 0 Å². The summed E-state index contributed by atoms with van der Waals surface area (Å²) in [6, 6.07) is 6.64. The Labute approximate surface area is 131 Å². The molecule has 0 fully saturated rings. The number of aromatic nitrogens is 4. The van der Waals surface area contributed by atoms with Crippen molar-refractivity contribution in [2.24, 2.45) is 5.92 Å². The second-order valence-corrected chi connectivity index (χ2v) is 5.65. The van der Waals surface area contributed by atoms with Crippen molar-refractivity contribution < 1.29 is 18.3 Å². The Morgan fingerprint density at radius 1 is 1.30 bits per heavy atom. The average molecular weight is 329 g/mol. The number of phenols is 1. The standard InChI is InChI=1S/C14H18F3N5O/c1-10(2)7-21(11-4-3-5-12(23)6-11)8-13-18-20-22(19-13)9-14(15,16)17/h3-6,10,23H,7-9H2,1-2H3. The lowest BCUT2D eigenvalue weighted by atomic mass is 10.2. The molecule has 2 aromatic rings. The van der Waals surface area contributed by atoms with E-state index >= 15 is 0 Å². The molecule has 1 N–H and O–H groups in total. The lowest BCUT2D eigenvalue weighted by Crippen LogP contribution is -2.27. The van der Waals surface area contributed by atoms with Crippen LogP contribution in [0.5, 0.6) is 5.75 Å². The van der Waals surface area contributed by atoms with Crippen molar-refractivity contribution in [3.8, 4) is 5.75 Å². The van der Waals surface area contributed by atoms with Crippen LogP contribution in [0, 0.1) is 5.92 Å². The maximum atomic E-state index is 12.3. The molecule has 0 aliphatic rings. The number of alkyl halides is 3. The molecule has 0 aliphatic carbocycles. The topological polar surface area (TPSA) is 67.1 Å². The molecule has 1 heterocycles. The zero-order chi connectivity index (χ0) is 17.0. The van der Waals surface area contributed by atoms with Gasteiger partial charge >= 0.3 is 6.18 Å². The van der Waals surface area contributed by atoms with Gasteiger partial charge in [-0.2, -0.15) is 18.0 Å². The number of halogens is 3. The predicted molar refractivity (Wildman–Crippen MR) is 77.9 cm³/mol. The van der Waals surface area contributed by atoms with Crippen LogP contribution in [0.3, 0.4) is 0 Å². The Morgan fingerprint density at radius 3 is 2.65 bits per heavy atom. The largest absolute Gasteiger partial charge is 0.508 e. The first-order chi connectivity index (χ1) is 10.7. The minimum Gasteiger partial charge on any atom is -0.508 e. The summed E-state index contributed by atoms with van der Waals surface area (Å²) in [6.45, 7) is 3.61. The molecule has 1 aromatic heterocycles. The van der Waals surface area contributed by atoms with E-state index in [1.54, 1.807) is 18.2 Å². The smallest absolute Gasteiger partial charge is 0.409 e. The van der Waals surface area contributed by atoms with Crippen LogP contribution in [-0.4, -0.2) is 38.0 Å². The second kappa shape index (κ2) is 6.84. The van der Waals surface area contributed by atoms with Crippen molar-refractivity contribution in [1.82, 2.24) is 20.2 Å². The molecule has 9 heteroatoms. The van der Waals surface area contributed by atoms with Crippen molar-refractivity contribution >= 4 is 5.69 Å². The highest BCUT2D eigenvalue weighted by atomic mass is 19.4. The maximum absolute atomic E-state index is 12.3. The number of phenolic OH excluding ortho intramolecular Hbond substituents is 1. The lowest BCUT2D eigenvalue weighted by molar-refractivity contribution is -0.145. The number of hydrogen-bond donors (Lipinski definition) is 1. The Kier molecular flexibility index (Phi) is 5.07. The molecule has 0 bridgehead atoms. The number of rotatable bonds is 6. The highest BCUT2D eigenvalue weighted by Gasteiger charge is 2.29. The fraction of sp³-hybridized carbons (Fsp3) is 0.500. The molecule has 23 heavy (non-hydrogen) atoms. The maximum Gasteiger partial charge on any atom is 0.409 e. The number of nitrogens with zero attached hydrogens (tertiary/aromatic N) is 5. The van der Waals surface area contributed by atoms with Crippen molar-refractivity contribution in [1.29, 1.82) is 0 Å². The van der Waals surface area contributed by atoms with Crippen molar-refractivity contribution in [2.45, 2.75) is 33.1 Å². The molecule has 0 radical (unpaired) electrons. The van der Waals surface area contributed by atoms with Crippen LogP contribution in [0.2, 0.25) is 0 Å². The summed E-state index contributed by atoms with van der Waals surface area (Å²) in [5, 5.41) is 20.5. The van der Waals surface area contributed by atoms with Crippen LogP contribution in [0.15, 0.2) is 24.3 Å². The molecule has 1 aromatic carbocycles. The van der Waals surface area contributed by atoms with Crippen LogP contribution < -0.4 is 4.90 Å². The summed E-state index contributed by atoms with van der Waals surface area (Å²) in [4.78, 5) is 2.42. The third kappa shape index (κ3) is 5.42. The monoisotopic (exact) mass is 329 g/mol. The van der Waals surface area contributed by atoms with Gasteiger partial charge in [-0.25, -0.2) is 0 Å². The van der Waals surface area contributed by atoms with Crippen LogP contribution in [0.25, 0.3) is 0 Å². The van der Waals surface area contributed by atoms with Crippen LogP contribution in [0.4, 0.5) is 18.9 Å². The van der Waals surface area contributed by atoms with E-state index in [0.717, 1.165) is 5.69 Å². The van der Waals surface area contributed by atoms with Gasteiger partial charge in [0.05, 0.1) is 6.54 Å². The molecule has 2 rings (SSSR count). The molecule has 0 amide bonds. The Hall–Kier alpha value is -2.32. The molecular weight excluding hydrogens is 311 g/mol. The van der Waals surface area contributed by atoms with E-state index in [1.807, 2.05) is 24.8 Å². The fourth-order valence-electron chi connectivity index (χ4n) is 2.13. The van der Waals surface area contributed by atoms with Gasteiger partial charge in [-0.15, -0.1) is 10.2 Å². The van der Waals surface area contributed by atoms with E-state index in [1.165, 1.54) is 0 Å². The number of anilines is 1. The van der Waals surface area contributed by atoms with E-state index in [0.29, 0.717) is 17.3 Å². The average Bonchev–Trinajstić information content (AvgIpc) is 2.82. The highest BCUT2D eigenvalue weighted by Crippen LogP contribution is 2.22. The quantitative estimate of drug-likeness (QED) is 0.882. The van der Waals surface area contributed by atoms with Crippen molar-refractivity contribution in [3.63, 3.8) is 0 Å². The minimum absolute atomic E-state index is 0.116. The van der Waals surface area contributed by atoms with Gasteiger partial charge in [0, 0.05) is 18.3 Å². The first kappa shape index (κ1) is 17.0. The molecule has 0 saturated heterocycles. The SMILES string of the molecule is CC(C)CN(Cc1nnn(CC(F)(F)F)n1)c1cccc(O)c1.